The third kappa shape index (κ3) is 4.58. The van der Waals surface area contributed by atoms with E-state index in [1.165, 1.54) is 11.8 Å². The van der Waals surface area contributed by atoms with Crippen LogP contribution in [0.25, 0.3) is 0 Å². The number of primary amides is 1. The number of amides is 1. The molecule has 2 atom stereocenters. The summed E-state index contributed by atoms with van der Waals surface area (Å²) in [5, 5.41) is 2.88. The van der Waals surface area contributed by atoms with Crippen molar-refractivity contribution in [2.75, 3.05) is 25.9 Å². The molecule has 0 aromatic heterocycles. The smallest absolute Gasteiger partial charge is 0.248 e. The van der Waals surface area contributed by atoms with Gasteiger partial charge in [-0.25, -0.2) is 8.42 Å². The molecule has 1 heterocycles. The van der Waals surface area contributed by atoms with Crippen molar-refractivity contribution in [3.05, 3.63) is 34.9 Å². The highest BCUT2D eigenvalue weighted by Crippen LogP contribution is 2.33. The number of carbonyl (C=O) groups is 1. The first-order valence-corrected chi connectivity index (χ1v) is 12.3. The van der Waals surface area contributed by atoms with E-state index in [0.717, 1.165) is 57.3 Å². The van der Waals surface area contributed by atoms with E-state index in [1.807, 2.05) is 6.07 Å². The summed E-state index contributed by atoms with van der Waals surface area (Å²) in [6, 6.07) is 5.84. The minimum absolute atomic E-state index is 0.113. The van der Waals surface area contributed by atoms with Gasteiger partial charge in [0.25, 0.3) is 0 Å². The molecule has 7 heteroatoms. The van der Waals surface area contributed by atoms with Gasteiger partial charge in [0, 0.05) is 17.9 Å². The molecule has 1 amide bonds. The Morgan fingerprint density at radius 2 is 2.00 bits per heavy atom. The number of fused-ring (bicyclic) bond motifs is 1. The number of nitrogens with one attached hydrogen (secondary N) is 1. The van der Waals surface area contributed by atoms with Crippen LogP contribution in [0.5, 0.6) is 0 Å². The van der Waals surface area contributed by atoms with Crippen LogP contribution in [0.1, 0.15) is 54.1 Å². The number of carbonyl (C=O) groups excluding carboxylic acids is 1. The van der Waals surface area contributed by atoms with Crippen LogP contribution in [-0.4, -0.2) is 56.5 Å². The quantitative estimate of drug-likeness (QED) is 0.718. The number of piperidine rings is 1. The molecule has 0 saturated carbocycles. The van der Waals surface area contributed by atoms with Crippen LogP contribution in [0.15, 0.2) is 18.2 Å². The third-order valence-electron chi connectivity index (χ3n) is 6.23. The second kappa shape index (κ2) is 8.93. The fraction of sp³-hybridized carbons (Fsp3) is 0.667. The van der Waals surface area contributed by atoms with Gasteiger partial charge in [0.05, 0.1) is 0 Å². The number of nitrogens with two attached hydrogens (primary N) is 1. The van der Waals surface area contributed by atoms with Crippen molar-refractivity contribution < 1.29 is 13.2 Å². The Morgan fingerprint density at radius 1 is 1.29 bits per heavy atom. The number of hydrogen-bond donors (Lipinski definition) is 2. The fourth-order valence-corrected chi connectivity index (χ4v) is 6.80. The van der Waals surface area contributed by atoms with Crippen LogP contribution in [-0.2, 0) is 22.7 Å². The molecule has 1 aliphatic carbocycles. The molecular weight excluding hydrogens is 374 g/mol. The summed E-state index contributed by atoms with van der Waals surface area (Å²) in [5.74, 6) is -0.256. The lowest BCUT2D eigenvalue weighted by Gasteiger charge is -2.43. The van der Waals surface area contributed by atoms with E-state index < -0.39 is 21.1 Å². The summed E-state index contributed by atoms with van der Waals surface area (Å²) in [7, 11) is -3.23. The van der Waals surface area contributed by atoms with Crippen LogP contribution < -0.4 is 11.1 Å². The molecular formula is C21H33N3O3S. The number of hydrogen-bond acceptors (Lipinski definition) is 5. The molecule has 2 aliphatic rings. The number of nitrogens with zero attached hydrogens (tertiary/aromatic N) is 1. The van der Waals surface area contributed by atoms with Gasteiger partial charge in [0.15, 0.2) is 9.84 Å². The van der Waals surface area contributed by atoms with Crippen LogP contribution in [0.3, 0.4) is 0 Å². The number of sulfone groups is 1. The van der Waals surface area contributed by atoms with Crippen molar-refractivity contribution in [1.29, 1.82) is 0 Å². The SMILES string of the molecule is CCCN(C1CCc2cccc(C(N)=O)c2C1)C(C1CCNCC1)S(C)(=O)=O. The van der Waals surface area contributed by atoms with Crippen molar-refractivity contribution in [1.82, 2.24) is 10.2 Å². The zero-order valence-electron chi connectivity index (χ0n) is 17.0. The molecule has 0 bridgehead atoms. The molecule has 1 aliphatic heterocycles. The van der Waals surface area contributed by atoms with Crippen molar-refractivity contribution in [3.8, 4) is 0 Å². The molecule has 0 spiro atoms. The lowest BCUT2D eigenvalue weighted by Crippen LogP contribution is -2.54. The van der Waals surface area contributed by atoms with Crippen LogP contribution >= 0.6 is 0 Å². The van der Waals surface area contributed by atoms with Crippen molar-refractivity contribution in [2.45, 2.75) is 56.9 Å². The number of rotatable bonds is 7. The van der Waals surface area contributed by atoms with E-state index >= 15 is 0 Å². The van der Waals surface area contributed by atoms with Crippen LogP contribution in [0.2, 0.25) is 0 Å². The first-order valence-electron chi connectivity index (χ1n) is 10.4. The zero-order valence-corrected chi connectivity index (χ0v) is 17.8. The fourth-order valence-electron chi connectivity index (χ4n) is 5.06. The molecule has 0 radical (unpaired) electrons. The predicted octanol–water partition coefficient (Wildman–Crippen LogP) is 1.73. The molecule has 1 saturated heterocycles. The average Bonchev–Trinajstić information content (AvgIpc) is 2.66. The minimum atomic E-state index is -3.23. The monoisotopic (exact) mass is 407 g/mol. The highest BCUT2D eigenvalue weighted by Gasteiger charge is 2.40. The lowest BCUT2D eigenvalue weighted by atomic mass is 9.83. The maximum absolute atomic E-state index is 12.9. The predicted molar refractivity (Wildman–Crippen MR) is 112 cm³/mol. The molecule has 1 fully saturated rings. The van der Waals surface area contributed by atoms with Gasteiger partial charge in [0.1, 0.15) is 5.37 Å². The van der Waals surface area contributed by atoms with E-state index in [-0.39, 0.29) is 12.0 Å². The lowest BCUT2D eigenvalue weighted by molar-refractivity contribution is 0.0992. The third-order valence-corrected chi connectivity index (χ3v) is 7.76. The second-order valence-electron chi connectivity index (χ2n) is 8.25. The van der Waals surface area contributed by atoms with Gasteiger partial charge in [-0.15, -0.1) is 0 Å². The summed E-state index contributed by atoms with van der Waals surface area (Å²) in [6.45, 7) is 4.59. The molecule has 28 heavy (non-hydrogen) atoms. The Morgan fingerprint density at radius 3 is 2.61 bits per heavy atom. The largest absolute Gasteiger partial charge is 0.366 e. The van der Waals surface area contributed by atoms with E-state index in [2.05, 4.69) is 23.2 Å². The van der Waals surface area contributed by atoms with Gasteiger partial charge in [0.2, 0.25) is 5.91 Å². The van der Waals surface area contributed by atoms with Gasteiger partial charge in [-0.05, 0) is 81.3 Å². The normalized spacial score (nSPS) is 22.0. The highest BCUT2D eigenvalue weighted by molar-refractivity contribution is 7.91. The second-order valence-corrected chi connectivity index (χ2v) is 10.4. The molecule has 6 nitrogen and oxygen atoms in total. The standard InChI is InChI=1S/C21H33N3O3S/c1-3-13-24(21(28(2,26)27)16-9-11-23-12-10-16)17-8-7-15-5-4-6-18(20(22)25)19(15)14-17/h4-6,16-17,21,23H,3,7-14H2,1-2H3,(H2,22,25). The van der Waals surface area contributed by atoms with E-state index in [9.17, 15) is 13.2 Å². The van der Waals surface area contributed by atoms with Crippen molar-refractivity contribution in [3.63, 3.8) is 0 Å². The minimum Gasteiger partial charge on any atom is -0.366 e. The Kier molecular flexibility index (Phi) is 6.78. The van der Waals surface area contributed by atoms with Gasteiger partial charge in [-0.1, -0.05) is 19.1 Å². The zero-order chi connectivity index (χ0) is 20.3. The van der Waals surface area contributed by atoms with Gasteiger partial charge in [-0.2, -0.15) is 0 Å². The Labute approximate surface area is 168 Å². The van der Waals surface area contributed by atoms with Crippen LogP contribution in [0.4, 0.5) is 0 Å². The average molecular weight is 408 g/mol. The Hall–Kier alpha value is -1.44. The molecule has 1 aromatic rings. The van der Waals surface area contributed by atoms with E-state index in [1.54, 1.807) is 6.07 Å². The van der Waals surface area contributed by atoms with Crippen molar-refractivity contribution >= 4 is 15.7 Å². The van der Waals surface area contributed by atoms with Gasteiger partial charge >= 0.3 is 0 Å². The first-order chi connectivity index (χ1) is 13.3. The van der Waals surface area contributed by atoms with Gasteiger partial charge in [-0.3, -0.25) is 9.69 Å². The maximum atomic E-state index is 12.9. The molecule has 156 valence electrons. The Bertz CT molecular complexity index is 803. The van der Waals surface area contributed by atoms with E-state index in [4.69, 9.17) is 5.73 Å². The first kappa shape index (κ1) is 21.3. The highest BCUT2D eigenvalue weighted by atomic mass is 32.2. The molecule has 3 N–H and O–H groups in total. The summed E-state index contributed by atoms with van der Waals surface area (Å²) < 4.78 is 25.7. The summed E-state index contributed by atoms with van der Waals surface area (Å²) in [5.41, 5.74) is 8.36. The molecule has 2 unspecified atom stereocenters. The summed E-state index contributed by atoms with van der Waals surface area (Å²) >= 11 is 0. The molecule has 3 rings (SSSR count). The Balaban J connectivity index is 1.94. The number of benzene rings is 1. The maximum Gasteiger partial charge on any atom is 0.248 e. The summed E-state index contributed by atoms with van der Waals surface area (Å²) in [6.07, 6.45) is 6.50. The van der Waals surface area contributed by atoms with Crippen molar-refractivity contribution in [2.24, 2.45) is 11.7 Å². The topological polar surface area (TPSA) is 92.5 Å². The summed E-state index contributed by atoms with van der Waals surface area (Å²) in [4.78, 5) is 14.1. The molecule has 1 aromatic carbocycles. The number of aryl methyl sites for hydroxylation is 1. The van der Waals surface area contributed by atoms with E-state index in [0.29, 0.717) is 12.0 Å². The van der Waals surface area contributed by atoms with Gasteiger partial charge < -0.3 is 11.1 Å². The van der Waals surface area contributed by atoms with Crippen LogP contribution in [0, 0.1) is 5.92 Å².